The molecule has 0 aliphatic heterocycles. The van der Waals surface area contributed by atoms with Gasteiger partial charge in [0.25, 0.3) is 0 Å². The summed E-state index contributed by atoms with van der Waals surface area (Å²) in [4.78, 5) is 11.1. The van der Waals surface area contributed by atoms with Crippen molar-refractivity contribution >= 4 is 5.97 Å². The highest BCUT2D eigenvalue weighted by molar-refractivity contribution is 5.74. The molecular weight excluding hydrogens is 268 g/mol. The Morgan fingerprint density at radius 1 is 1.05 bits per heavy atom. The normalized spacial score (nSPS) is 11.7. The van der Waals surface area contributed by atoms with Crippen molar-refractivity contribution in [1.82, 2.24) is 0 Å². The first-order chi connectivity index (χ1) is 10.2. The number of benzene rings is 2. The molecule has 0 saturated carbocycles. The smallest absolute Gasteiger partial charge is 0.335 e. The monoisotopic (exact) mass is 286 g/mol. The lowest BCUT2D eigenvalue weighted by Crippen LogP contribution is -2.24. The number of hydrogen-bond acceptors (Lipinski definition) is 4. The fourth-order valence-electron chi connectivity index (χ4n) is 1.91. The van der Waals surface area contributed by atoms with Gasteiger partial charge in [-0.3, -0.25) is 0 Å². The van der Waals surface area contributed by atoms with Gasteiger partial charge in [-0.2, -0.15) is 0 Å². The van der Waals surface area contributed by atoms with Gasteiger partial charge in [-0.05, 0) is 23.3 Å². The number of methoxy groups -OCH3 is 1. The van der Waals surface area contributed by atoms with E-state index in [9.17, 15) is 9.90 Å². The molecule has 2 rings (SSSR count). The van der Waals surface area contributed by atoms with E-state index in [0.29, 0.717) is 6.61 Å². The van der Waals surface area contributed by atoms with Gasteiger partial charge in [0, 0.05) is 6.42 Å². The van der Waals surface area contributed by atoms with E-state index in [1.54, 1.807) is 0 Å². The van der Waals surface area contributed by atoms with Crippen LogP contribution in [0.5, 0.6) is 5.75 Å². The van der Waals surface area contributed by atoms with E-state index in [4.69, 9.17) is 4.74 Å². The second-order valence-electron chi connectivity index (χ2n) is 4.66. The maximum Gasteiger partial charge on any atom is 0.335 e. The van der Waals surface area contributed by atoms with Crippen molar-refractivity contribution in [2.75, 3.05) is 7.11 Å². The van der Waals surface area contributed by atoms with Crippen molar-refractivity contribution < 1.29 is 19.4 Å². The molecule has 0 aliphatic carbocycles. The van der Waals surface area contributed by atoms with Crippen molar-refractivity contribution in [2.45, 2.75) is 19.1 Å². The quantitative estimate of drug-likeness (QED) is 0.828. The lowest BCUT2D eigenvalue weighted by Gasteiger charge is -2.10. The molecule has 0 bridgehead atoms. The molecule has 0 heterocycles. The highest BCUT2D eigenvalue weighted by Gasteiger charge is 2.15. The molecule has 110 valence electrons. The van der Waals surface area contributed by atoms with Crippen LogP contribution in [0.15, 0.2) is 54.6 Å². The number of rotatable bonds is 6. The second kappa shape index (κ2) is 7.45. The fraction of sp³-hybridized carbons (Fsp3) is 0.235. The van der Waals surface area contributed by atoms with Crippen molar-refractivity contribution in [3.05, 3.63) is 65.7 Å². The predicted molar refractivity (Wildman–Crippen MR) is 78.9 cm³/mol. The van der Waals surface area contributed by atoms with Gasteiger partial charge in [-0.15, -0.1) is 0 Å². The molecule has 0 saturated heterocycles. The number of esters is 1. The Bertz CT molecular complexity index is 563. The molecule has 0 amide bonds. The van der Waals surface area contributed by atoms with Crippen LogP contribution < -0.4 is 4.74 Å². The maximum atomic E-state index is 11.1. The van der Waals surface area contributed by atoms with Crippen LogP contribution in [-0.4, -0.2) is 24.3 Å². The van der Waals surface area contributed by atoms with Crippen LogP contribution in [0.1, 0.15) is 11.1 Å². The Balaban J connectivity index is 1.88. The third kappa shape index (κ3) is 4.61. The van der Waals surface area contributed by atoms with Gasteiger partial charge in [-0.1, -0.05) is 42.5 Å². The van der Waals surface area contributed by atoms with Crippen molar-refractivity contribution in [3.8, 4) is 5.75 Å². The summed E-state index contributed by atoms with van der Waals surface area (Å²) in [5.41, 5.74) is 1.95. The predicted octanol–water partition coefficient (Wildman–Crippen LogP) is 2.34. The highest BCUT2D eigenvalue weighted by Crippen LogP contribution is 2.15. The van der Waals surface area contributed by atoms with Crippen molar-refractivity contribution in [3.63, 3.8) is 0 Å². The molecule has 4 nitrogen and oxygen atoms in total. The molecule has 0 aromatic heterocycles. The summed E-state index contributed by atoms with van der Waals surface area (Å²) in [6, 6.07) is 17.2. The average Bonchev–Trinajstić information content (AvgIpc) is 2.54. The van der Waals surface area contributed by atoms with Gasteiger partial charge in [0.05, 0.1) is 7.11 Å². The van der Waals surface area contributed by atoms with Crippen LogP contribution in [0.4, 0.5) is 0 Å². The first-order valence-electron chi connectivity index (χ1n) is 6.70. The van der Waals surface area contributed by atoms with E-state index in [1.165, 1.54) is 7.11 Å². The molecule has 4 heteroatoms. The largest absolute Gasteiger partial charge is 0.489 e. The standard InChI is InChI=1S/C17H18O4/c1-20-17(19)16(18)11-13-7-9-15(10-8-13)21-12-14-5-3-2-4-6-14/h2-10,16,18H,11-12H2,1H3. The molecule has 21 heavy (non-hydrogen) atoms. The zero-order chi connectivity index (χ0) is 15.1. The lowest BCUT2D eigenvalue weighted by molar-refractivity contribution is -0.150. The van der Waals surface area contributed by atoms with Crippen LogP contribution in [0.2, 0.25) is 0 Å². The Morgan fingerprint density at radius 3 is 2.33 bits per heavy atom. The first-order valence-corrected chi connectivity index (χ1v) is 6.70. The van der Waals surface area contributed by atoms with Crippen LogP contribution in [0, 0.1) is 0 Å². The molecule has 2 aromatic carbocycles. The summed E-state index contributed by atoms with van der Waals surface area (Å²) in [7, 11) is 1.26. The molecular formula is C17H18O4. The fourth-order valence-corrected chi connectivity index (χ4v) is 1.91. The van der Waals surface area contributed by atoms with Gasteiger partial charge < -0.3 is 14.6 Å². The minimum Gasteiger partial charge on any atom is -0.489 e. The topological polar surface area (TPSA) is 55.8 Å². The zero-order valence-corrected chi connectivity index (χ0v) is 11.9. The van der Waals surface area contributed by atoms with Crippen LogP contribution in [0.3, 0.4) is 0 Å². The van der Waals surface area contributed by atoms with Crippen LogP contribution in [0.25, 0.3) is 0 Å². The number of carbonyl (C=O) groups excluding carboxylic acids is 1. The number of carbonyl (C=O) groups is 1. The van der Waals surface area contributed by atoms with E-state index in [0.717, 1.165) is 16.9 Å². The summed E-state index contributed by atoms with van der Waals surface area (Å²) in [5, 5.41) is 9.59. The third-order valence-electron chi connectivity index (χ3n) is 3.07. The molecule has 2 aromatic rings. The van der Waals surface area contributed by atoms with E-state index in [1.807, 2.05) is 54.6 Å². The maximum absolute atomic E-state index is 11.1. The second-order valence-corrected chi connectivity index (χ2v) is 4.66. The van der Waals surface area contributed by atoms with Gasteiger partial charge >= 0.3 is 5.97 Å². The molecule has 0 spiro atoms. The van der Waals surface area contributed by atoms with Gasteiger partial charge in [0.15, 0.2) is 6.10 Å². The summed E-state index contributed by atoms with van der Waals surface area (Å²) in [6.45, 7) is 0.505. The van der Waals surface area contributed by atoms with E-state index in [2.05, 4.69) is 4.74 Å². The Labute approximate surface area is 123 Å². The lowest BCUT2D eigenvalue weighted by atomic mass is 10.1. The summed E-state index contributed by atoms with van der Waals surface area (Å²) >= 11 is 0. The molecule has 0 fully saturated rings. The zero-order valence-electron chi connectivity index (χ0n) is 11.9. The van der Waals surface area contributed by atoms with E-state index >= 15 is 0 Å². The van der Waals surface area contributed by atoms with Crippen LogP contribution >= 0.6 is 0 Å². The first kappa shape index (κ1) is 15.1. The Kier molecular flexibility index (Phi) is 5.35. The molecule has 1 N–H and O–H groups in total. The van der Waals surface area contributed by atoms with Gasteiger partial charge in [-0.25, -0.2) is 4.79 Å². The minimum atomic E-state index is -1.13. The van der Waals surface area contributed by atoms with Gasteiger partial charge in [0.2, 0.25) is 0 Å². The number of aliphatic hydroxyl groups excluding tert-OH is 1. The molecule has 1 unspecified atom stereocenters. The number of aliphatic hydroxyl groups is 1. The number of ether oxygens (including phenoxy) is 2. The van der Waals surface area contributed by atoms with Crippen molar-refractivity contribution in [1.29, 1.82) is 0 Å². The third-order valence-corrected chi connectivity index (χ3v) is 3.07. The SMILES string of the molecule is COC(=O)C(O)Cc1ccc(OCc2ccccc2)cc1. The average molecular weight is 286 g/mol. The van der Waals surface area contributed by atoms with Crippen molar-refractivity contribution in [2.24, 2.45) is 0 Å². The minimum absolute atomic E-state index is 0.228. The summed E-state index contributed by atoms with van der Waals surface area (Å²) in [5.74, 6) is 0.120. The Hall–Kier alpha value is -2.33. The Morgan fingerprint density at radius 2 is 1.71 bits per heavy atom. The summed E-state index contributed by atoms with van der Waals surface area (Å²) < 4.78 is 10.1. The van der Waals surface area contributed by atoms with E-state index < -0.39 is 12.1 Å². The van der Waals surface area contributed by atoms with Gasteiger partial charge in [0.1, 0.15) is 12.4 Å². The van der Waals surface area contributed by atoms with E-state index in [-0.39, 0.29) is 6.42 Å². The molecule has 1 atom stereocenters. The molecule has 0 radical (unpaired) electrons. The molecule has 0 aliphatic rings. The van der Waals surface area contributed by atoms with Crippen LogP contribution in [-0.2, 0) is 22.6 Å². The summed E-state index contributed by atoms with van der Waals surface area (Å²) in [6.07, 6.45) is -0.905. The number of hydrogen-bond donors (Lipinski definition) is 1. The highest BCUT2D eigenvalue weighted by atomic mass is 16.5.